The van der Waals surface area contributed by atoms with Gasteiger partial charge in [0.05, 0.1) is 38.0 Å². The Morgan fingerprint density at radius 2 is 0.978 bits per heavy atom. The van der Waals surface area contributed by atoms with Gasteiger partial charge in [-0.1, -0.05) is 19.7 Å². The largest absolute Gasteiger partial charge is 0.515 e. The Kier molecular flexibility index (Phi) is 9.86. The highest BCUT2D eigenvalue weighted by molar-refractivity contribution is 6.99. The molecule has 0 saturated carbocycles. The zero-order chi connectivity index (χ0) is 34.7. The molecule has 4 atom stereocenters. The lowest BCUT2D eigenvalue weighted by Crippen LogP contribution is -2.80. The second-order valence-corrected chi connectivity index (χ2v) is 32.0. The summed E-state index contributed by atoms with van der Waals surface area (Å²) >= 11 is 0. The fourth-order valence-corrected chi connectivity index (χ4v) is 36.5. The van der Waals surface area contributed by atoms with Crippen molar-refractivity contribution in [2.24, 2.45) is 0 Å². The summed E-state index contributed by atoms with van der Waals surface area (Å²) in [7, 11) is -25.2. The van der Waals surface area contributed by atoms with Crippen molar-refractivity contribution in [3.8, 4) is 0 Å². The lowest BCUT2D eigenvalue weighted by Gasteiger charge is -2.53. The molecule has 1 spiro atoms. The van der Waals surface area contributed by atoms with E-state index in [0.717, 1.165) is 18.2 Å². The molecule has 258 valence electrons. The Balaban J connectivity index is 1.96. The molecule has 16 nitrogen and oxygen atoms in total. The van der Waals surface area contributed by atoms with Crippen LogP contribution in [0.2, 0.25) is 44.3 Å². The number of hydrogen-bond donors (Lipinski definition) is 3. The van der Waals surface area contributed by atoms with Crippen molar-refractivity contribution in [3.63, 3.8) is 0 Å². The van der Waals surface area contributed by atoms with Gasteiger partial charge in [0, 0.05) is 18.2 Å². The number of esters is 3. The molecular formula is C24H42O16Si6. The average Bonchev–Trinajstić information content (AvgIpc) is 3.04. The van der Waals surface area contributed by atoms with E-state index in [2.05, 4.69) is 19.7 Å². The van der Waals surface area contributed by atoms with E-state index in [1.165, 1.54) is 0 Å². The Hall–Kier alpha value is -1.47. The lowest BCUT2D eigenvalue weighted by atomic mass is 10.1. The van der Waals surface area contributed by atoms with Crippen molar-refractivity contribution >= 4 is 69.8 Å². The molecule has 0 aromatic rings. The number of carbonyl (C=O) groups excluding carboxylic acids is 3. The van der Waals surface area contributed by atoms with Gasteiger partial charge in [-0.05, 0) is 40.0 Å². The molecule has 0 radical (unpaired) electrons. The number of ether oxygens (including phenoxy) is 3. The molecule has 4 rings (SSSR count). The second kappa shape index (κ2) is 12.1. The summed E-state index contributed by atoms with van der Waals surface area (Å²) in [5.41, 5.74) is 0. The fourth-order valence-electron chi connectivity index (χ4n) is 6.44. The van der Waals surface area contributed by atoms with Crippen LogP contribution in [-0.4, -0.2) is 120 Å². The minimum atomic E-state index is -4.66. The predicted molar refractivity (Wildman–Crippen MR) is 170 cm³/mol. The summed E-state index contributed by atoms with van der Waals surface area (Å²) in [6.07, 6.45) is 2.86. The van der Waals surface area contributed by atoms with Crippen molar-refractivity contribution in [2.75, 3.05) is 19.8 Å². The first-order valence-corrected chi connectivity index (χ1v) is 28.0. The minimum absolute atomic E-state index is 0.354. The molecule has 4 aliphatic rings. The second-order valence-electron chi connectivity index (χ2n) is 12.5. The van der Waals surface area contributed by atoms with E-state index in [9.17, 15) is 28.8 Å². The molecule has 0 aromatic heterocycles. The molecule has 0 aromatic carbocycles. The predicted octanol–water partition coefficient (Wildman–Crippen LogP) is 0.361. The molecule has 4 fully saturated rings. The molecule has 4 aliphatic heterocycles. The average molecular weight is 755 g/mol. The molecule has 3 N–H and O–H groups in total. The van der Waals surface area contributed by atoms with Gasteiger partial charge in [-0.3, -0.25) is 0 Å². The SMILES string of the molecule is C=CC(=O)OCC[Si]1(O)OC2(C)C34O[Si](CCOC(=O)C=C)(O1)O[Si](O)(CCOC(=O)C=C)OC3(C)[Si](C)(C)O[Si]4(O)O[Si]2(C)C. The minimum Gasteiger partial charge on any atom is -0.463 e. The van der Waals surface area contributed by atoms with E-state index in [1.54, 1.807) is 40.0 Å². The van der Waals surface area contributed by atoms with E-state index >= 15 is 0 Å². The Morgan fingerprint density at radius 3 is 1.33 bits per heavy atom. The van der Waals surface area contributed by atoms with E-state index in [-0.39, 0.29) is 31.3 Å². The van der Waals surface area contributed by atoms with Gasteiger partial charge in [0.1, 0.15) is 10.4 Å². The summed E-state index contributed by atoms with van der Waals surface area (Å²) in [5.74, 6) is -2.28. The fraction of sp³-hybridized carbons (Fsp3) is 0.625. The standard InChI is InChI=1S/C24H42O16Si6/c1-10-19(25)31-13-16-43(28)34-22(4)24-23(5,42(8,9)38-46(24,30)37-41(22,6)7)35-44(29,17-14-32-20(26)11-2)40-45(36-24,39-43)18-15-33-21(27)12-3/h10-12,28-30H,1-3,13-18H2,4-9H3. The van der Waals surface area contributed by atoms with Crippen LogP contribution in [0.4, 0.5) is 0 Å². The molecule has 0 amide bonds. The van der Waals surface area contributed by atoms with Gasteiger partial charge in [0.2, 0.25) is 16.6 Å². The molecule has 2 bridgehead atoms. The maximum Gasteiger partial charge on any atom is 0.515 e. The van der Waals surface area contributed by atoms with Crippen molar-refractivity contribution in [1.82, 2.24) is 0 Å². The van der Waals surface area contributed by atoms with Crippen LogP contribution in [0.25, 0.3) is 0 Å². The van der Waals surface area contributed by atoms with Crippen LogP contribution in [0.5, 0.6) is 0 Å². The zero-order valence-electron chi connectivity index (χ0n) is 26.7. The van der Waals surface area contributed by atoms with Crippen LogP contribution in [-0.2, 0) is 58.3 Å². The normalized spacial score (nSPS) is 41.7. The third-order valence-corrected chi connectivity index (χ3v) is 33.5. The first-order chi connectivity index (χ1) is 21.1. The quantitative estimate of drug-likeness (QED) is 0.107. The van der Waals surface area contributed by atoms with E-state index < -0.39 is 92.0 Å². The summed E-state index contributed by atoms with van der Waals surface area (Å²) < 4.78 is 61.8. The maximum atomic E-state index is 12.6. The zero-order valence-corrected chi connectivity index (χ0v) is 32.7. The summed E-state index contributed by atoms with van der Waals surface area (Å²) in [5, 5.41) is -5.37. The highest BCUT2D eigenvalue weighted by Crippen LogP contribution is 2.67. The molecule has 4 saturated heterocycles. The summed E-state index contributed by atoms with van der Waals surface area (Å²) in [4.78, 5) is 72.9. The maximum absolute atomic E-state index is 12.6. The lowest BCUT2D eigenvalue weighted by molar-refractivity contribution is -0.138. The first kappa shape index (κ1) is 37.4. The molecule has 22 heteroatoms. The van der Waals surface area contributed by atoms with Gasteiger partial charge >= 0.3 is 53.1 Å². The van der Waals surface area contributed by atoms with Gasteiger partial charge in [-0.15, -0.1) is 0 Å². The van der Waals surface area contributed by atoms with Gasteiger partial charge in [0.25, 0.3) is 0 Å². The topological polar surface area (TPSA) is 204 Å². The van der Waals surface area contributed by atoms with Gasteiger partial charge < -0.3 is 58.3 Å². The number of rotatable bonds is 12. The Bertz CT molecular complexity index is 1240. The van der Waals surface area contributed by atoms with Crippen LogP contribution in [0.1, 0.15) is 13.8 Å². The van der Waals surface area contributed by atoms with Crippen LogP contribution in [0, 0.1) is 0 Å². The van der Waals surface area contributed by atoms with Gasteiger partial charge in [0.15, 0.2) is 5.22 Å². The monoisotopic (exact) mass is 754 g/mol. The number of fused-ring (bicyclic) bond motifs is 1. The first-order valence-electron chi connectivity index (χ1n) is 14.5. The van der Waals surface area contributed by atoms with Crippen molar-refractivity contribution in [1.29, 1.82) is 0 Å². The highest BCUT2D eigenvalue weighted by Gasteiger charge is 2.98. The molecular weight excluding hydrogens is 713 g/mol. The van der Waals surface area contributed by atoms with E-state index in [1.807, 2.05) is 0 Å². The molecule has 0 aliphatic carbocycles. The van der Waals surface area contributed by atoms with Gasteiger partial charge in [-0.2, -0.15) is 0 Å². The van der Waals surface area contributed by atoms with Crippen LogP contribution in [0.3, 0.4) is 0 Å². The Morgan fingerprint density at radius 1 is 0.630 bits per heavy atom. The molecule has 4 unspecified atom stereocenters. The van der Waals surface area contributed by atoms with E-state index in [0.29, 0.717) is 0 Å². The van der Waals surface area contributed by atoms with Crippen LogP contribution < -0.4 is 0 Å². The van der Waals surface area contributed by atoms with Crippen LogP contribution >= 0.6 is 0 Å². The van der Waals surface area contributed by atoms with E-state index in [4.69, 9.17) is 43.9 Å². The third kappa shape index (κ3) is 5.79. The summed E-state index contributed by atoms with van der Waals surface area (Å²) in [6.45, 7) is 19.3. The van der Waals surface area contributed by atoms with Crippen molar-refractivity contribution < 1.29 is 72.7 Å². The summed E-state index contributed by atoms with van der Waals surface area (Å²) in [6, 6.07) is -1.06. The number of hydrogen-bond acceptors (Lipinski definition) is 16. The highest BCUT2D eigenvalue weighted by atomic mass is 28.5. The number of carbonyl (C=O) groups is 3. The van der Waals surface area contributed by atoms with Gasteiger partial charge in [-0.25, -0.2) is 14.4 Å². The molecule has 4 heterocycles. The molecule has 46 heavy (non-hydrogen) atoms. The van der Waals surface area contributed by atoms with Crippen LogP contribution in [0.15, 0.2) is 38.0 Å². The van der Waals surface area contributed by atoms with Crippen molar-refractivity contribution in [3.05, 3.63) is 38.0 Å². The Labute approximate surface area is 273 Å². The third-order valence-electron chi connectivity index (χ3n) is 9.02. The smallest absolute Gasteiger partial charge is 0.463 e. The van der Waals surface area contributed by atoms with Crippen molar-refractivity contribution in [2.45, 2.75) is 73.8 Å².